The summed E-state index contributed by atoms with van der Waals surface area (Å²) in [5.41, 5.74) is 0.912. The van der Waals surface area contributed by atoms with Crippen molar-refractivity contribution in [1.82, 2.24) is 0 Å². The molecule has 2 rings (SSSR count). The fraction of sp³-hybridized carbons (Fsp3) is 0.333. The molecule has 1 nitrogen and oxygen atoms in total. The number of rotatable bonds is 7. The van der Waals surface area contributed by atoms with Gasteiger partial charge in [0.05, 0.1) is 6.61 Å². The molecule has 21 heavy (non-hydrogen) atoms. The zero-order valence-corrected chi connectivity index (χ0v) is 12.2. The van der Waals surface area contributed by atoms with Gasteiger partial charge in [0, 0.05) is 5.56 Å². The number of hydrogen-bond acceptors (Lipinski definition) is 1. The Morgan fingerprint density at radius 2 is 1.67 bits per heavy atom. The Labute approximate surface area is 124 Å². The Bertz CT molecular complexity index is 564. The highest BCUT2D eigenvalue weighted by atomic mass is 19.2. The van der Waals surface area contributed by atoms with Crippen LogP contribution in [0.4, 0.5) is 8.78 Å². The van der Waals surface area contributed by atoms with E-state index in [0.717, 1.165) is 18.2 Å². The second-order valence-corrected chi connectivity index (χ2v) is 5.03. The molecule has 0 fully saturated rings. The average Bonchev–Trinajstić information content (AvgIpc) is 2.51. The van der Waals surface area contributed by atoms with Crippen molar-refractivity contribution in [2.75, 3.05) is 6.61 Å². The van der Waals surface area contributed by atoms with Gasteiger partial charge in [0.2, 0.25) is 0 Å². The lowest BCUT2D eigenvalue weighted by atomic mass is 10.0. The average molecular weight is 290 g/mol. The molecule has 112 valence electrons. The summed E-state index contributed by atoms with van der Waals surface area (Å²) in [6, 6.07) is 11.3. The van der Waals surface area contributed by atoms with Gasteiger partial charge in [0.25, 0.3) is 0 Å². The van der Waals surface area contributed by atoms with Gasteiger partial charge in [-0.1, -0.05) is 50.5 Å². The molecule has 0 unspecified atom stereocenters. The van der Waals surface area contributed by atoms with Gasteiger partial charge in [0.15, 0.2) is 11.6 Å². The van der Waals surface area contributed by atoms with Gasteiger partial charge in [0.1, 0.15) is 5.75 Å². The molecule has 2 aromatic rings. The highest BCUT2D eigenvalue weighted by Crippen LogP contribution is 2.26. The molecule has 0 radical (unpaired) electrons. The maximum absolute atomic E-state index is 13.7. The maximum Gasteiger partial charge on any atom is 0.166 e. The van der Waals surface area contributed by atoms with Crippen molar-refractivity contribution < 1.29 is 13.5 Å². The van der Waals surface area contributed by atoms with Gasteiger partial charge < -0.3 is 4.74 Å². The van der Waals surface area contributed by atoms with Crippen molar-refractivity contribution in [3.05, 3.63) is 54.1 Å². The standard InChI is InChI=1S/C18H20F2O/c1-2-3-4-5-13-21-15-11-9-14(10-12-15)16-7-6-8-17(19)18(16)20/h6-12H,2-5,13H2,1H3. The Kier molecular flexibility index (Phi) is 5.73. The van der Waals surface area contributed by atoms with Gasteiger partial charge in [-0.15, -0.1) is 0 Å². The summed E-state index contributed by atoms with van der Waals surface area (Å²) in [6.07, 6.45) is 4.63. The first-order valence-electron chi connectivity index (χ1n) is 7.39. The van der Waals surface area contributed by atoms with Crippen LogP contribution in [0, 0.1) is 11.6 Å². The highest BCUT2D eigenvalue weighted by molar-refractivity contribution is 5.64. The largest absolute Gasteiger partial charge is 0.494 e. The first-order chi connectivity index (χ1) is 10.2. The number of unbranched alkanes of at least 4 members (excludes halogenated alkanes) is 3. The van der Waals surface area contributed by atoms with E-state index >= 15 is 0 Å². The molecule has 0 saturated carbocycles. The molecule has 0 aliphatic carbocycles. The third-order valence-corrected chi connectivity index (χ3v) is 3.38. The second kappa shape index (κ2) is 7.77. The molecule has 2 aromatic carbocycles. The van der Waals surface area contributed by atoms with E-state index in [4.69, 9.17) is 4.74 Å². The van der Waals surface area contributed by atoms with Gasteiger partial charge in [-0.05, 0) is 30.2 Å². The summed E-state index contributed by atoms with van der Waals surface area (Å²) >= 11 is 0. The first-order valence-corrected chi connectivity index (χ1v) is 7.39. The topological polar surface area (TPSA) is 9.23 Å². The molecule has 0 saturated heterocycles. The second-order valence-electron chi connectivity index (χ2n) is 5.03. The molecule has 0 amide bonds. The Morgan fingerprint density at radius 1 is 0.905 bits per heavy atom. The van der Waals surface area contributed by atoms with Crippen LogP contribution >= 0.6 is 0 Å². The summed E-state index contributed by atoms with van der Waals surface area (Å²) < 4.78 is 32.5. The van der Waals surface area contributed by atoms with Crippen LogP contribution in [-0.4, -0.2) is 6.61 Å². The van der Waals surface area contributed by atoms with Crippen LogP contribution in [0.1, 0.15) is 32.6 Å². The zero-order valence-electron chi connectivity index (χ0n) is 12.2. The van der Waals surface area contributed by atoms with Crippen LogP contribution in [0.25, 0.3) is 11.1 Å². The van der Waals surface area contributed by atoms with E-state index < -0.39 is 11.6 Å². The third-order valence-electron chi connectivity index (χ3n) is 3.38. The van der Waals surface area contributed by atoms with Crippen LogP contribution in [0.15, 0.2) is 42.5 Å². The Balaban J connectivity index is 1.97. The van der Waals surface area contributed by atoms with E-state index in [1.165, 1.54) is 25.3 Å². The number of ether oxygens (including phenoxy) is 1. The van der Waals surface area contributed by atoms with Crippen molar-refractivity contribution >= 4 is 0 Å². The van der Waals surface area contributed by atoms with Crippen molar-refractivity contribution in [2.45, 2.75) is 32.6 Å². The van der Waals surface area contributed by atoms with E-state index in [-0.39, 0.29) is 5.56 Å². The fourth-order valence-corrected chi connectivity index (χ4v) is 2.18. The summed E-state index contributed by atoms with van der Waals surface area (Å²) in [6.45, 7) is 2.86. The molecule has 3 heteroatoms. The quantitative estimate of drug-likeness (QED) is 0.604. The highest BCUT2D eigenvalue weighted by Gasteiger charge is 2.09. The van der Waals surface area contributed by atoms with Crippen molar-refractivity contribution in [3.63, 3.8) is 0 Å². The summed E-state index contributed by atoms with van der Waals surface area (Å²) in [4.78, 5) is 0. The molecule has 0 aliphatic rings. The normalized spacial score (nSPS) is 10.6. The molecule has 0 atom stereocenters. The van der Waals surface area contributed by atoms with Gasteiger partial charge >= 0.3 is 0 Å². The first kappa shape index (κ1) is 15.5. The van der Waals surface area contributed by atoms with Gasteiger partial charge in [-0.3, -0.25) is 0 Å². The molecule has 0 bridgehead atoms. The molecular formula is C18H20F2O. The van der Waals surface area contributed by atoms with E-state index in [1.807, 2.05) is 0 Å². The van der Waals surface area contributed by atoms with E-state index in [9.17, 15) is 8.78 Å². The van der Waals surface area contributed by atoms with Crippen molar-refractivity contribution in [1.29, 1.82) is 0 Å². The Hall–Kier alpha value is -1.90. The number of halogens is 2. The minimum Gasteiger partial charge on any atom is -0.494 e. The summed E-state index contributed by atoms with van der Waals surface area (Å²) in [5.74, 6) is -0.887. The van der Waals surface area contributed by atoms with E-state index in [1.54, 1.807) is 30.3 Å². The molecule has 0 spiro atoms. The van der Waals surface area contributed by atoms with Crippen LogP contribution in [0.2, 0.25) is 0 Å². The zero-order chi connectivity index (χ0) is 15.1. The Morgan fingerprint density at radius 3 is 2.38 bits per heavy atom. The predicted octanol–water partition coefficient (Wildman–Crippen LogP) is 5.59. The molecule has 0 aliphatic heterocycles. The van der Waals surface area contributed by atoms with Crippen molar-refractivity contribution in [2.24, 2.45) is 0 Å². The lowest BCUT2D eigenvalue weighted by Gasteiger charge is -2.08. The fourth-order valence-electron chi connectivity index (χ4n) is 2.18. The number of hydrogen-bond donors (Lipinski definition) is 0. The molecule has 0 aromatic heterocycles. The van der Waals surface area contributed by atoms with Crippen LogP contribution < -0.4 is 4.74 Å². The van der Waals surface area contributed by atoms with E-state index in [2.05, 4.69) is 6.92 Å². The minimum atomic E-state index is -0.830. The molecular weight excluding hydrogens is 270 g/mol. The number of benzene rings is 2. The van der Waals surface area contributed by atoms with Gasteiger partial charge in [-0.2, -0.15) is 0 Å². The predicted molar refractivity (Wildman–Crippen MR) is 81.4 cm³/mol. The SMILES string of the molecule is CCCCCCOc1ccc(-c2cccc(F)c2F)cc1. The summed E-state index contributed by atoms with van der Waals surface area (Å²) in [5, 5.41) is 0. The van der Waals surface area contributed by atoms with Crippen LogP contribution in [0.3, 0.4) is 0 Å². The molecule has 0 N–H and O–H groups in total. The summed E-state index contributed by atoms with van der Waals surface area (Å²) in [7, 11) is 0. The monoisotopic (exact) mass is 290 g/mol. The van der Waals surface area contributed by atoms with Crippen LogP contribution in [0.5, 0.6) is 5.75 Å². The third kappa shape index (κ3) is 4.28. The molecule has 0 heterocycles. The van der Waals surface area contributed by atoms with E-state index in [0.29, 0.717) is 12.2 Å². The lowest BCUT2D eigenvalue weighted by molar-refractivity contribution is 0.305. The van der Waals surface area contributed by atoms with Crippen molar-refractivity contribution in [3.8, 4) is 16.9 Å². The lowest BCUT2D eigenvalue weighted by Crippen LogP contribution is -1.97. The van der Waals surface area contributed by atoms with Crippen LogP contribution in [-0.2, 0) is 0 Å². The smallest absolute Gasteiger partial charge is 0.166 e. The van der Waals surface area contributed by atoms with Gasteiger partial charge in [-0.25, -0.2) is 8.78 Å². The maximum atomic E-state index is 13.7. The minimum absolute atomic E-state index is 0.268.